The summed E-state index contributed by atoms with van der Waals surface area (Å²) < 4.78 is 0. The molecule has 1 aliphatic heterocycles. The van der Waals surface area contributed by atoms with Gasteiger partial charge in [0.25, 0.3) is 5.91 Å². The molecule has 0 aromatic rings. The van der Waals surface area contributed by atoms with E-state index in [1.54, 1.807) is 0 Å². The minimum Gasteiger partial charge on any atom is -0.477 e. The monoisotopic (exact) mass is 243 g/mol. The summed E-state index contributed by atoms with van der Waals surface area (Å²) in [6, 6.07) is 0. The van der Waals surface area contributed by atoms with E-state index in [4.69, 9.17) is 10.8 Å². The fourth-order valence-electron chi connectivity index (χ4n) is 1.09. The summed E-state index contributed by atoms with van der Waals surface area (Å²) >= 11 is 0. The first kappa shape index (κ1) is 12.9. The van der Waals surface area contributed by atoms with Crippen LogP contribution in [0.1, 0.15) is 20.3 Å². The van der Waals surface area contributed by atoms with Crippen LogP contribution in [0.4, 0.5) is 0 Å². The summed E-state index contributed by atoms with van der Waals surface area (Å²) in [4.78, 5) is 37.8. The van der Waals surface area contributed by atoms with Gasteiger partial charge in [0.1, 0.15) is 5.54 Å². The zero-order valence-electron chi connectivity index (χ0n) is 9.39. The fraction of sp³-hybridized carbons (Fsp3) is 0.556. The molecule has 8 nitrogen and oxygen atoms in total. The van der Waals surface area contributed by atoms with Gasteiger partial charge in [-0.15, -0.1) is 0 Å². The Morgan fingerprint density at radius 1 is 1.53 bits per heavy atom. The molecule has 0 aliphatic carbocycles. The lowest BCUT2D eigenvalue weighted by Gasteiger charge is -2.23. The molecule has 2 amide bonds. The van der Waals surface area contributed by atoms with Gasteiger partial charge in [-0.2, -0.15) is 0 Å². The van der Waals surface area contributed by atoms with Gasteiger partial charge in [-0.05, 0) is 13.8 Å². The van der Waals surface area contributed by atoms with Gasteiger partial charge in [0.15, 0.2) is 5.71 Å². The van der Waals surface area contributed by atoms with Crippen LogP contribution in [0.5, 0.6) is 0 Å². The Morgan fingerprint density at radius 2 is 2.12 bits per heavy atom. The first-order valence-corrected chi connectivity index (χ1v) is 4.82. The van der Waals surface area contributed by atoms with Gasteiger partial charge in [0.2, 0.25) is 12.0 Å². The number of hydrogen-bond donors (Lipinski definition) is 3. The highest BCUT2D eigenvalue weighted by molar-refractivity contribution is 6.36. The predicted molar refractivity (Wildman–Crippen MR) is 56.0 cm³/mol. The highest BCUT2D eigenvalue weighted by atomic mass is 16.6. The molecule has 1 aliphatic rings. The lowest BCUT2D eigenvalue weighted by molar-refractivity contribution is -0.136. The maximum absolute atomic E-state index is 11.6. The Kier molecular flexibility index (Phi) is 3.35. The van der Waals surface area contributed by atoms with Crippen molar-refractivity contribution in [1.82, 2.24) is 5.32 Å². The minimum absolute atomic E-state index is 0.143. The Hall–Kier alpha value is -2.12. The average molecular weight is 243 g/mol. The van der Waals surface area contributed by atoms with Crippen LogP contribution in [-0.2, 0) is 19.2 Å². The smallest absolute Gasteiger partial charge is 0.353 e. The second kappa shape index (κ2) is 4.40. The molecule has 17 heavy (non-hydrogen) atoms. The van der Waals surface area contributed by atoms with Gasteiger partial charge >= 0.3 is 5.97 Å². The van der Waals surface area contributed by atoms with Gasteiger partial charge in [0.05, 0.1) is 0 Å². The molecule has 0 radical (unpaired) electrons. The second-order valence-corrected chi connectivity index (χ2v) is 4.12. The number of carboxylic acids is 1. The van der Waals surface area contributed by atoms with Crippen LogP contribution in [0.3, 0.4) is 0 Å². The number of hydrogen-bond acceptors (Lipinski definition) is 5. The number of amides is 2. The Balaban J connectivity index is 2.58. The van der Waals surface area contributed by atoms with Crippen molar-refractivity contribution in [2.24, 2.45) is 10.9 Å². The van der Waals surface area contributed by atoms with Crippen molar-refractivity contribution in [3.63, 3.8) is 0 Å². The van der Waals surface area contributed by atoms with Crippen LogP contribution in [0.2, 0.25) is 0 Å². The quantitative estimate of drug-likeness (QED) is 0.558. The van der Waals surface area contributed by atoms with Crippen LogP contribution in [0.25, 0.3) is 0 Å². The number of aliphatic carboxylic acids is 1. The van der Waals surface area contributed by atoms with E-state index in [-0.39, 0.29) is 12.1 Å². The predicted octanol–water partition coefficient (Wildman–Crippen LogP) is -1.40. The number of nitrogens with two attached hydrogens (primary N) is 1. The lowest BCUT2D eigenvalue weighted by atomic mass is 10.0. The maximum atomic E-state index is 11.6. The standard InChI is InChI=1S/C9H13N3O5/c1-9(2,8(10)16)11-6(13)5-3-4(7(14)15)12-17-5/h5H,3H2,1-2H3,(H2,10,16)(H,11,13)(H,14,15). The van der Waals surface area contributed by atoms with Gasteiger partial charge in [-0.1, -0.05) is 5.16 Å². The summed E-state index contributed by atoms with van der Waals surface area (Å²) in [5.74, 6) is -2.58. The Labute approximate surface area is 96.8 Å². The van der Waals surface area contributed by atoms with E-state index in [1.165, 1.54) is 13.8 Å². The Morgan fingerprint density at radius 3 is 2.53 bits per heavy atom. The molecule has 1 heterocycles. The van der Waals surface area contributed by atoms with E-state index in [2.05, 4.69) is 15.3 Å². The fourth-order valence-corrected chi connectivity index (χ4v) is 1.09. The molecule has 0 bridgehead atoms. The molecule has 94 valence electrons. The normalized spacial score (nSPS) is 19.2. The molecule has 0 aromatic carbocycles. The van der Waals surface area contributed by atoms with E-state index >= 15 is 0 Å². The van der Waals surface area contributed by atoms with Gasteiger partial charge < -0.3 is 21.0 Å². The topological polar surface area (TPSA) is 131 Å². The molecule has 1 unspecified atom stereocenters. The number of primary amides is 1. The van der Waals surface area contributed by atoms with Crippen molar-refractivity contribution >= 4 is 23.5 Å². The van der Waals surface area contributed by atoms with Crippen molar-refractivity contribution in [2.45, 2.75) is 31.9 Å². The summed E-state index contributed by atoms with van der Waals surface area (Å²) in [5, 5.41) is 14.2. The lowest BCUT2D eigenvalue weighted by Crippen LogP contribution is -2.55. The molecular weight excluding hydrogens is 230 g/mol. The summed E-state index contributed by atoms with van der Waals surface area (Å²) in [5.41, 5.74) is 3.61. The number of oxime groups is 1. The van der Waals surface area contributed by atoms with E-state index in [1.807, 2.05) is 0 Å². The van der Waals surface area contributed by atoms with Crippen LogP contribution in [0, 0.1) is 0 Å². The molecular formula is C9H13N3O5. The third kappa shape index (κ3) is 2.92. The number of carboxylic acid groups (broad SMARTS) is 1. The molecule has 0 aromatic heterocycles. The molecule has 0 fully saturated rings. The molecule has 8 heteroatoms. The molecule has 4 N–H and O–H groups in total. The van der Waals surface area contributed by atoms with Crippen molar-refractivity contribution < 1.29 is 24.3 Å². The first-order chi connectivity index (χ1) is 7.74. The molecule has 1 rings (SSSR count). The number of rotatable bonds is 4. The molecule has 0 spiro atoms. The third-order valence-corrected chi connectivity index (χ3v) is 2.26. The minimum atomic E-state index is -1.24. The second-order valence-electron chi connectivity index (χ2n) is 4.12. The van der Waals surface area contributed by atoms with Crippen molar-refractivity contribution in [1.29, 1.82) is 0 Å². The van der Waals surface area contributed by atoms with E-state index < -0.39 is 29.4 Å². The van der Waals surface area contributed by atoms with E-state index in [9.17, 15) is 14.4 Å². The summed E-state index contributed by atoms with van der Waals surface area (Å²) in [6.07, 6.45) is -1.18. The van der Waals surface area contributed by atoms with Crippen LogP contribution < -0.4 is 11.1 Å². The van der Waals surface area contributed by atoms with Crippen molar-refractivity contribution in [3.05, 3.63) is 0 Å². The molecule has 1 atom stereocenters. The zero-order chi connectivity index (χ0) is 13.2. The first-order valence-electron chi connectivity index (χ1n) is 4.82. The molecule has 0 saturated carbocycles. The zero-order valence-corrected chi connectivity index (χ0v) is 9.39. The Bertz CT molecular complexity index is 401. The van der Waals surface area contributed by atoms with Crippen LogP contribution >= 0.6 is 0 Å². The number of nitrogens with one attached hydrogen (secondary N) is 1. The molecule has 0 saturated heterocycles. The van der Waals surface area contributed by atoms with Gasteiger partial charge in [-0.3, -0.25) is 9.59 Å². The van der Waals surface area contributed by atoms with Crippen molar-refractivity contribution in [3.8, 4) is 0 Å². The van der Waals surface area contributed by atoms with Gasteiger partial charge in [0, 0.05) is 6.42 Å². The largest absolute Gasteiger partial charge is 0.477 e. The highest BCUT2D eigenvalue weighted by Gasteiger charge is 2.35. The maximum Gasteiger partial charge on any atom is 0.353 e. The third-order valence-electron chi connectivity index (χ3n) is 2.26. The van der Waals surface area contributed by atoms with Crippen LogP contribution in [-0.4, -0.2) is 40.2 Å². The highest BCUT2D eigenvalue weighted by Crippen LogP contribution is 2.12. The number of carbonyl (C=O) groups is 3. The van der Waals surface area contributed by atoms with E-state index in [0.717, 1.165) is 0 Å². The summed E-state index contributed by atoms with van der Waals surface area (Å²) in [6.45, 7) is 2.86. The average Bonchev–Trinajstić information content (AvgIpc) is 2.65. The number of carbonyl (C=O) groups excluding carboxylic acids is 2. The van der Waals surface area contributed by atoms with Gasteiger partial charge in [-0.25, -0.2) is 4.79 Å². The van der Waals surface area contributed by atoms with E-state index in [0.29, 0.717) is 0 Å². The van der Waals surface area contributed by atoms with Crippen LogP contribution in [0.15, 0.2) is 5.16 Å². The SMILES string of the molecule is CC(C)(NC(=O)C1CC(C(=O)O)=NO1)C(N)=O. The summed E-state index contributed by atoms with van der Waals surface area (Å²) in [7, 11) is 0. The van der Waals surface area contributed by atoms with Crippen molar-refractivity contribution in [2.75, 3.05) is 0 Å². The number of nitrogens with zero attached hydrogens (tertiary/aromatic N) is 1.